The molecule has 1 aliphatic heterocycles. The van der Waals surface area contributed by atoms with Crippen LogP contribution in [0.15, 0.2) is 49.6 Å². The van der Waals surface area contributed by atoms with Gasteiger partial charge in [0, 0.05) is 24.4 Å². The molecule has 1 saturated heterocycles. The van der Waals surface area contributed by atoms with Crippen LogP contribution in [-0.4, -0.2) is 111 Å². The Morgan fingerprint density at radius 2 is 1.51 bits per heavy atom. The molecule has 0 saturated carbocycles. The van der Waals surface area contributed by atoms with Crippen LogP contribution in [0.1, 0.15) is 38.7 Å². The number of anilines is 1. The van der Waals surface area contributed by atoms with Crippen molar-refractivity contribution in [1.82, 2.24) is 30.7 Å². The van der Waals surface area contributed by atoms with Gasteiger partial charge in [-0.25, -0.2) is 4.79 Å². The van der Waals surface area contributed by atoms with Gasteiger partial charge in [0.2, 0.25) is 35.4 Å². The van der Waals surface area contributed by atoms with E-state index in [0.717, 1.165) is 12.2 Å². The topological polar surface area (TPSA) is 224 Å². The molecule has 7 N–H and O–H groups in total. The van der Waals surface area contributed by atoms with E-state index < -0.39 is 47.7 Å². The normalized spacial score (nSPS) is 13.9. The van der Waals surface area contributed by atoms with Gasteiger partial charge in [-0.15, -0.1) is 0 Å². The van der Waals surface area contributed by atoms with Crippen LogP contribution in [0.3, 0.4) is 0 Å². The molecule has 1 aliphatic rings. The van der Waals surface area contributed by atoms with Crippen molar-refractivity contribution in [2.24, 2.45) is 11.7 Å². The highest BCUT2D eigenvalue weighted by Gasteiger charge is 2.31. The molecule has 16 nitrogen and oxygen atoms in total. The summed E-state index contributed by atoms with van der Waals surface area (Å²) in [5.74, 6) is -2.88. The number of hydrogen-bond donors (Lipinski definition) is 6. The summed E-state index contributed by atoms with van der Waals surface area (Å²) in [6.45, 7) is 10.4. The number of aliphatic hydroxyl groups excluding tert-OH is 1. The summed E-state index contributed by atoms with van der Waals surface area (Å²) < 4.78 is 0. The van der Waals surface area contributed by atoms with E-state index in [4.69, 9.17) is 5.73 Å². The first-order chi connectivity index (χ1) is 23.3. The minimum Gasteiger partial charge on any atom is -0.392 e. The predicted molar refractivity (Wildman–Crippen MR) is 184 cm³/mol. The molecule has 1 aromatic rings. The summed E-state index contributed by atoms with van der Waals surface area (Å²) in [4.78, 5) is 91.6. The zero-order valence-corrected chi connectivity index (χ0v) is 28.6. The van der Waals surface area contributed by atoms with Crippen LogP contribution in [0.2, 0.25) is 0 Å². The number of nitrogens with one attached hydrogen (secondary N) is 4. The van der Waals surface area contributed by atoms with E-state index in [1.807, 2.05) is 0 Å². The van der Waals surface area contributed by atoms with Gasteiger partial charge in [-0.05, 0) is 48.6 Å². The molecule has 0 spiro atoms. The fraction of sp³-hybridized carbons (Fsp3) is 0.469. The van der Waals surface area contributed by atoms with Gasteiger partial charge in [0.05, 0.1) is 32.4 Å². The predicted octanol–water partition coefficient (Wildman–Crippen LogP) is 0.0587. The van der Waals surface area contributed by atoms with Gasteiger partial charge in [-0.2, -0.15) is 11.8 Å². The van der Waals surface area contributed by atoms with Crippen molar-refractivity contribution >= 4 is 58.9 Å². The maximum absolute atomic E-state index is 13.4. The number of primary amides is 1. The number of amides is 8. The molecular formula is C32H46N8O8S. The Labute approximate surface area is 289 Å². The maximum Gasteiger partial charge on any atom is 0.312 e. The molecule has 0 bridgehead atoms. The lowest BCUT2D eigenvalue weighted by Gasteiger charge is -2.41. The fourth-order valence-corrected chi connectivity index (χ4v) is 5.38. The number of nitrogens with two attached hydrogens (primary N) is 1. The second kappa shape index (κ2) is 20.5. The first kappa shape index (κ1) is 40.3. The lowest BCUT2D eigenvalue weighted by atomic mass is 10.0. The van der Waals surface area contributed by atoms with Crippen LogP contribution in [0, 0.1) is 5.92 Å². The van der Waals surface area contributed by atoms with Crippen molar-refractivity contribution in [3.05, 3.63) is 55.1 Å². The summed E-state index contributed by atoms with van der Waals surface area (Å²) in [6, 6.07) is 3.81. The maximum atomic E-state index is 13.4. The molecular weight excluding hydrogens is 656 g/mol. The molecule has 0 aromatic heterocycles. The Balaban J connectivity index is 1.95. The Morgan fingerprint density at radius 3 is 2.04 bits per heavy atom. The Kier molecular flexibility index (Phi) is 16.8. The van der Waals surface area contributed by atoms with E-state index in [-0.39, 0.29) is 69.3 Å². The average molecular weight is 703 g/mol. The molecule has 49 heavy (non-hydrogen) atoms. The van der Waals surface area contributed by atoms with E-state index in [2.05, 4.69) is 34.4 Å². The number of carbonyl (C=O) groups excluding carboxylic acids is 7. The largest absolute Gasteiger partial charge is 0.392 e. The monoisotopic (exact) mass is 702 g/mol. The van der Waals surface area contributed by atoms with Crippen LogP contribution in [-0.2, 0) is 35.4 Å². The third-order valence-electron chi connectivity index (χ3n) is 7.31. The SMILES string of the molecule is C=CC(=O)N1CN(C(=O)C=C)CN(C(=O)CCSCC(=O)N[C@H](C(=O)N[C@@H](CCCNC(N)=O)C(=O)Nc2ccc(CO)cc2)C(C)C)C1. The van der Waals surface area contributed by atoms with Gasteiger partial charge in [0.1, 0.15) is 12.1 Å². The summed E-state index contributed by atoms with van der Waals surface area (Å²) in [7, 11) is 0. The summed E-state index contributed by atoms with van der Waals surface area (Å²) in [5.41, 5.74) is 6.22. The van der Waals surface area contributed by atoms with Gasteiger partial charge in [-0.3, -0.25) is 28.8 Å². The van der Waals surface area contributed by atoms with Crippen LogP contribution >= 0.6 is 11.8 Å². The molecule has 268 valence electrons. The molecule has 0 aliphatic carbocycles. The van der Waals surface area contributed by atoms with Crippen LogP contribution in [0.25, 0.3) is 0 Å². The van der Waals surface area contributed by atoms with Gasteiger partial charge >= 0.3 is 6.03 Å². The van der Waals surface area contributed by atoms with E-state index in [1.54, 1.807) is 38.1 Å². The van der Waals surface area contributed by atoms with E-state index in [0.29, 0.717) is 17.7 Å². The zero-order valence-electron chi connectivity index (χ0n) is 27.8. The number of nitrogens with zero attached hydrogens (tertiary/aromatic N) is 3. The lowest BCUT2D eigenvalue weighted by Crippen LogP contribution is -2.59. The lowest BCUT2D eigenvalue weighted by molar-refractivity contribution is -0.154. The number of thioether (sulfide) groups is 1. The minimum absolute atomic E-state index is 0.00383. The van der Waals surface area contributed by atoms with Crippen molar-refractivity contribution in [2.75, 3.05) is 43.4 Å². The summed E-state index contributed by atoms with van der Waals surface area (Å²) in [5, 5.41) is 19.8. The highest BCUT2D eigenvalue weighted by molar-refractivity contribution is 7.99. The number of aliphatic hydroxyl groups is 1. The molecule has 17 heteroatoms. The molecule has 0 radical (unpaired) electrons. The van der Waals surface area contributed by atoms with Crippen LogP contribution in [0.4, 0.5) is 10.5 Å². The molecule has 1 fully saturated rings. The van der Waals surface area contributed by atoms with Crippen molar-refractivity contribution in [3.63, 3.8) is 0 Å². The standard InChI is InChI=1S/C32H46N8O8S/c1-5-26(43)38-18-39(27(44)6-2)20-40(19-38)28(45)13-15-49-17-25(42)37-29(21(3)4)31(47)36-24(8-7-14-34-32(33)48)30(46)35-23-11-9-22(16-41)10-12-23/h5-6,9-12,21,24,29,41H,1-2,7-8,13-20H2,3-4H3,(H,35,46)(H,36,47)(H,37,42)(H3,33,34,48)/t24-,29-/m0/s1. The number of carbonyl (C=O) groups is 7. The van der Waals surface area contributed by atoms with E-state index in [1.165, 1.54) is 26.5 Å². The smallest absolute Gasteiger partial charge is 0.312 e. The van der Waals surface area contributed by atoms with Crippen LogP contribution < -0.4 is 27.0 Å². The van der Waals surface area contributed by atoms with Gasteiger partial charge < -0.3 is 46.8 Å². The Morgan fingerprint density at radius 1 is 0.918 bits per heavy atom. The third kappa shape index (κ3) is 13.6. The minimum atomic E-state index is -1.01. The quantitative estimate of drug-likeness (QED) is 0.0898. The summed E-state index contributed by atoms with van der Waals surface area (Å²) in [6.07, 6.45) is 2.71. The molecule has 1 aromatic carbocycles. The number of benzene rings is 1. The molecule has 8 amide bonds. The van der Waals surface area contributed by atoms with Gasteiger partial charge in [0.25, 0.3) is 0 Å². The second-order valence-electron chi connectivity index (χ2n) is 11.5. The average Bonchev–Trinajstić information content (AvgIpc) is 3.09. The zero-order chi connectivity index (χ0) is 36.5. The number of rotatable bonds is 18. The molecule has 2 rings (SSSR count). The van der Waals surface area contributed by atoms with E-state index >= 15 is 0 Å². The van der Waals surface area contributed by atoms with Crippen molar-refractivity contribution < 1.29 is 38.7 Å². The first-order valence-corrected chi connectivity index (χ1v) is 16.8. The first-order valence-electron chi connectivity index (χ1n) is 15.6. The summed E-state index contributed by atoms with van der Waals surface area (Å²) >= 11 is 1.17. The van der Waals surface area contributed by atoms with Crippen molar-refractivity contribution in [2.45, 2.75) is 51.8 Å². The Bertz CT molecular complexity index is 1350. The number of hydrogen-bond acceptors (Lipinski definition) is 9. The number of urea groups is 1. The van der Waals surface area contributed by atoms with Crippen LogP contribution in [0.5, 0.6) is 0 Å². The molecule has 0 unspecified atom stereocenters. The Hall–Kier alpha value is -4.90. The second-order valence-corrected chi connectivity index (χ2v) is 12.6. The van der Waals surface area contributed by atoms with Gasteiger partial charge in [0.15, 0.2) is 0 Å². The third-order valence-corrected chi connectivity index (χ3v) is 8.27. The fourth-order valence-electron chi connectivity index (χ4n) is 4.65. The highest BCUT2D eigenvalue weighted by atomic mass is 32.2. The van der Waals surface area contributed by atoms with E-state index in [9.17, 15) is 38.7 Å². The van der Waals surface area contributed by atoms with Gasteiger partial charge in [-0.1, -0.05) is 39.1 Å². The van der Waals surface area contributed by atoms with Crippen molar-refractivity contribution in [3.8, 4) is 0 Å². The molecule has 1 heterocycles. The molecule has 2 atom stereocenters. The van der Waals surface area contributed by atoms with Crippen molar-refractivity contribution in [1.29, 1.82) is 0 Å². The highest BCUT2D eigenvalue weighted by Crippen LogP contribution is 2.14.